The van der Waals surface area contributed by atoms with Crippen molar-refractivity contribution in [1.29, 1.82) is 0 Å². The number of carbonyl (C=O) groups is 3. The Morgan fingerprint density at radius 2 is 1.60 bits per heavy atom. The summed E-state index contributed by atoms with van der Waals surface area (Å²) in [5.74, 6) is -0.953. The molecule has 1 heterocycles. The molecule has 1 N–H and O–H groups in total. The van der Waals surface area contributed by atoms with Crippen molar-refractivity contribution in [3.05, 3.63) is 138 Å². The minimum Gasteiger partial charge on any atom is -0.489 e. The lowest BCUT2D eigenvalue weighted by Crippen LogP contribution is -2.40. The highest BCUT2D eigenvalue weighted by Gasteiger charge is 2.30. The maximum Gasteiger partial charge on any atom is 0.419 e. The first kappa shape index (κ1) is 33.8. The third-order valence-electron chi connectivity index (χ3n) is 7.81. The fraction of sp³-hybridized carbons (Fsp3) is 0.216. The van der Waals surface area contributed by atoms with E-state index in [1.807, 2.05) is 48.5 Å². The number of halogens is 3. The van der Waals surface area contributed by atoms with Crippen LogP contribution < -0.4 is 10.1 Å². The predicted molar refractivity (Wildman–Crippen MR) is 172 cm³/mol. The molecule has 1 aliphatic rings. The number of rotatable bonds is 10. The lowest BCUT2D eigenvalue weighted by atomic mass is 9.96. The van der Waals surface area contributed by atoms with E-state index in [-0.39, 0.29) is 26.3 Å². The van der Waals surface area contributed by atoms with Gasteiger partial charge in [-0.1, -0.05) is 85.5 Å². The number of nitrogens with zero attached hydrogens (tertiary/aromatic N) is 1. The lowest BCUT2D eigenvalue weighted by Gasteiger charge is -2.28. The van der Waals surface area contributed by atoms with Gasteiger partial charge in [-0.2, -0.15) is 13.2 Å². The van der Waals surface area contributed by atoms with Gasteiger partial charge in [-0.3, -0.25) is 4.79 Å². The Hall–Kier alpha value is -5.58. The van der Waals surface area contributed by atoms with Gasteiger partial charge in [-0.05, 0) is 64.1 Å². The highest BCUT2D eigenvalue weighted by Crippen LogP contribution is 2.30. The molecule has 11 heteroatoms. The normalized spacial score (nSPS) is 13.1. The average Bonchev–Trinajstić information content (AvgIpc) is 3.10. The second-order valence-corrected chi connectivity index (χ2v) is 11.1. The standard InChI is InChI=1S/C37H33F3N2O6/c1-2-20-46-34(43)33(29-12-10-27(11-13-29)26-6-4-3-5-7-26)22-41-35(44)48-36(45)42-19-18-28-14-17-32(21-30(28)23-42)47-24-25-8-15-31(16-9-25)37(38,39)40/h2-17,21,33H,1,18-20,22-24H2,(H,41,44). The summed E-state index contributed by atoms with van der Waals surface area (Å²) in [5.41, 5.74) is 4.18. The molecule has 4 aromatic rings. The zero-order valence-electron chi connectivity index (χ0n) is 25.9. The minimum atomic E-state index is -4.41. The number of ether oxygens (including phenoxy) is 3. The van der Waals surface area contributed by atoms with Crippen LogP contribution in [0.25, 0.3) is 11.1 Å². The predicted octanol–water partition coefficient (Wildman–Crippen LogP) is 7.67. The van der Waals surface area contributed by atoms with Gasteiger partial charge in [-0.25, -0.2) is 9.59 Å². The molecule has 4 aromatic carbocycles. The summed E-state index contributed by atoms with van der Waals surface area (Å²) in [5, 5.41) is 2.51. The van der Waals surface area contributed by atoms with Gasteiger partial charge in [0.15, 0.2) is 0 Å². The zero-order chi connectivity index (χ0) is 34.1. The molecule has 0 aliphatic carbocycles. The van der Waals surface area contributed by atoms with E-state index in [9.17, 15) is 27.6 Å². The number of esters is 1. The number of fused-ring (bicyclic) bond motifs is 1. The van der Waals surface area contributed by atoms with Gasteiger partial charge < -0.3 is 24.4 Å². The maximum atomic E-state index is 12.9. The van der Waals surface area contributed by atoms with Crippen LogP contribution in [-0.2, 0) is 40.0 Å². The highest BCUT2D eigenvalue weighted by atomic mass is 19.4. The number of amides is 2. The summed E-state index contributed by atoms with van der Waals surface area (Å²) >= 11 is 0. The molecule has 0 aromatic heterocycles. The molecule has 0 fully saturated rings. The average molecular weight is 659 g/mol. The largest absolute Gasteiger partial charge is 0.489 e. The fourth-order valence-corrected chi connectivity index (χ4v) is 5.22. The Morgan fingerprint density at radius 1 is 0.896 bits per heavy atom. The molecule has 0 bridgehead atoms. The smallest absolute Gasteiger partial charge is 0.419 e. The molecule has 2 amide bonds. The fourth-order valence-electron chi connectivity index (χ4n) is 5.22. The van der Waals surface area contributed by atoms with Crippen LogP contribution in [0.2, 0.25) is 0 Å². The Balaban J connectivity index is 1.16. The molecule has 1 aliphatic heterocycles. The molecule has 8 nitrogen and oxygen atoms in total. The Labute approximate surface area is 275 Å². The number of benzene rings is 4. The molecular formula is C37H33F3N2O6. The maximum absolute atomic E-state index is 12.9. The van der Waals surface area contributed by atoms with E-state index >= 15 is 0 Å². The Kier molecular flexibility index (Phi) is 10.8. The molecule has 48 heavy (non-hydrogen) atoms. The summed E-state index contributed by atoms with van der Waals surface area (Å²) < 4.78 is 54.6. The second-order valence-electron chi connectivity index (χ2n) is 11.1. The van der Waals surface area contributed by atoms with Gasteiger partial charge in [0.2, 0.25) is 0 Å². The summed E-state index contributed by atoms with van der Waals surface area (Å²) in [4.78, 5) is 39.8. The number of nitrogens with one attached hydrogen (secondary N) is 1. The van der Waals surface area contributed by atoms with Crippen molar-refractivity contribution in [2.24, 2.45) is 0 Å². The molecule has 5 rings (SSSR count). The molecule has 0 saturated heterocycles. The van der Waals surface area contributed by atoms with Crippen molar-refractivity contribution < 1.29 is 41.8 Å². The van der Waals surface area contributed by atoms with Crippen molar-refractivity contribution in [3.63, 3.8) is 0 Å². The van der Waals surface area contributed by atoms with E-state index in [4.69, 9.17) is 14.2 Å². The van der Waals surface area contributed by atoms with Gasteiger partial charge in [0, 0.05) is 19.6 Å². The SMILES string of the molecule is C=CCOC(=O)C(CNC(=O)OC(=O)N1CCc2ccc(OCc3ccc(C(F)(F)F)cc3)cc2C1)c1ccc(-c2ccccc2)cc1. The van der Waals surface area contributed by atoms with E-state index in [1.54, 1.807) is 24.3 Å². The topological polar surface area (TPSA) is 94.2 Å². The lowest BCUT2D eigenvalue weighted by molar-refractivity contribution is -0.144. The van der Waals surface area contributed by atoms with Crippen LogP contribution in [-0.4, -0.2) is 42.8 Å². The number of hydrogen-bond donors (Lipinski definition) is 1. The number of alkyl halides is 3. The first-order valence-electron chi connectivity index (χ1n) is 15.2. The molecule has 0 radical (unpaired) electrons. The summed E-state index contributed by atoms with van der Waals surface area (Å²) in [7, 11) is 0. The van der Waals surface area contributed by atoms with E-state index < -0.39 is 35.8 Å². The third-order valence-corrected chi connectivity index (χ3v) is 7.81. The number of carbonyl (C=O) groups excluding carboxylic acids is 3. The monoisotopic (exact) mass is 658 g/mol. The quantitative estimate of drug-likeness (QED) is 0.107. The van der Waals surface area contributed by atoms with Crippen molar-refractivity contribution >= 4 is 18.2 Å². The van der Waals surface area contributed by atoms with Gasteiger partial charge in [0.1, 0.15) is 19.0 Å². The van der Waals surface area contributed by atoms with Gasteiger partial charge in [0.25, 0.3) is 0 Å². The Morgan fingerprint density at radius 3 is 2.29 bits per heavy atom. The summed E-state index contributed by atoms with van der Waals surface area (Å²) in [6.45, 7) is 3.92. The van der Waals surface area contributed by atoms with E-state index in [0.29, 0.717) is 29.8 Å². The molecule has 248 valence electrons. The first-order chi connectivity index (χ1) is 23.1. The highest BCUT2D eigenvalue weighted by molar-refractivity contribution is 5.85. The van der Waals surface area contributed by atoms with E-state index in [2.05, 4.69) is 11.9 Å². The van der Waals surface area contributed by atoms with Crippen LogP contribution in [0.15, 0.2) is 110 Å². The third kappa shape index (κ3) is 8.81. The molecular weight excluding hydrogens is 625 g/mol. The molecule has 1 unspecified atom stereocenters. The van der Waals surface area contributed by atoms with Crippen molar-refractivity contribution in [3.8, 4) is 16.9 Å². The van der Waals surface area contributed by atoms with Crippen LogP contribution in [0.4, 0.5) is 22.8 Å². The van der Waals surface area contributed by atoms with Crippen LogP contribution >= 0.6 is 0 Å². The Bertz CT molecular complexity index is 1740. The van der Waals surface area contributed by atoms with Gasteiger partial charge in [0.05, 0.1) is 11.5 Å². The van der Waals surface area contributed by atoms with Crippen molar-refractivity contribution in [2.75, 3.05) is 19.7 Å². The van der Waals surface area contributed by atoms with Gasteiger partial charge in [-0.15, -0.1) is 0 Å². The number of hydrogen-bond acceptors (Lipinski definition) is 6. The van der Waals surface area contributed by atoms with Crippen LogP contribution in [0, 0.1) is 0 Å². The van der Waals surface area contributed by atoms with Gasteiger partial charge >= 0.3 is 24.3 Å². The first-order valence-corrected chi connectivity index (χ1v) is 15.2. The van der Waals surface area contributed by atoms with E-state index in [1.165, 1.54) is 23.1 Å². The molecule has 1 atom stereocenters. The number of alkyl carbamates (subject to hydrolysis) is 1. The zero-order valence-corrected chi connectivity index (χ0v) is 25.9. The van der Waals surface area contributed by atoms with Crippen molar-refractivity contribution in [1.82, 2.24) is 10.2 Å². The van der Waals surface area contributed by atoms with E-state index in [0.717, 1.165) is 34.4 Å². The van der Waals surface area contributed by atoms with Crippen molar-refractivity contribution in [2.45, 2.75) is 31.7 Å². The minimum absolute atomic E-state index is 0.00138. The molecule has 0 saturated carbocycles. The molecule has 0 spiro atoms. The summed E-state index contributed by atoms with van der Waals surface area (Å²) in [6, 6.07) is 27.1. The van der Waals surface area contributed by atoms with Crippen LogP contribution in [0.1, 0.15) is 33.7 Å². The second kappa shape index (κ2) is 15.3. The van der Waals surface area contributed by atoms with Crippen LogP contribution in [0.5, 0.6) is 5.75 Å². The van der Waals surface area contributed by atoms with Crippen LogP contribution in [0.3, 0.4) is 0 Å². The summed E-state index contributed by atoms with van der Waals surface area (Å²) in [6.07, 6.45) is -4.32.